The van der Waals surface area contributed by atoms with Gasteiger partial charge in [-0.1, -0.05) is 30.0 Å². The minimum Gasteiger partial charge on any atom is -0.481 e. The minimum atomic E-state index is -1.01. The van der Waals surface area contributed by atoms with E-state index < -0.39 is 11.2 Å². The normalized spacial score (nSPS) is 19.9. The van der Waals surface area contributed by atoms with Crippen molar-refractivity contribution in [2.45, 2.75) is 25.5 Å². The van der Waals surface area contributed by atoms with Crippen LogP contribution in [0.3, 0.4) is 0 Å². The lowest BCUT2D eigenvalue weighted by molar-refractivity contribution is -0.138. The summed E-state index contributed by atoms with van der Waals surface area (Å²) in [4.78, 5) is 24.7. The molecule has 0 saturated carbocycles. The smallest absolute Gasteiger partial charge is 0.305 e. The Hall–Kier alpha value is -2.15. The molecule has 0 aromatic heterocycles. The molecule has 0 radical (unpaired) electrons. The van der Waals surface area contributed by atoms with E-state index in [1.807, 2.05) is 18.2 Å². The van der Waals surface area contributed by atoms with E-state index in [9.17, 15) is 9.59 Å². The molecule has 21 heavy (non-hydrogen) atoms. The molecule has 1 N–H and O–H groups in total. The van der Waals surface area contributed by atoms with Crippen molar-refractivity contribution in [1.29, 1.82) is 0 Å². The van der Waals surface area contributed by atoms with Gasteiger partial charge in [-0.15, -0.1) is 5.10 Å². The first kappa shape index (κ1) is 15.2. The van der Waals surface area contributed by atoms with Gasteiger partial charge in [-0.2, -0.15) is 5.10 Å². The number of amidine groups is 1. The van der Waals surface area contributed by atoms with Crippen molar-refractivity contribution in [3.05, 3.63) is 30.3 Å². The predicted octanol–water partition coefficient (Wildman–Crippen LogP) is 2.36. The van der Waals surface area contributed by atoms with E-state index in [1.54, 1.807) is 26.0 Å². The molecule has 1 aromatic rings. The van der Waals surface area contributed by atoms with Gasteiger partial charge in [-0.05, 0) is 26.0 Å². The Morgan fingerprint density at radius 2 is 2.00 bits per heavy atom. The van der Waals surface area contributed by atoms with Crippen molar-refractivity contribution in [1.82, 2.24) is 0 Å². The van der Waals surface area contributed by atoms with Crippen LogP contribution in [0.25, 0.3) is 0 Å². The van der Waals surface area contributed by atoms with E-state index in [2.05, 4.69) is 10.2 Å². The third-order valence-corrected chi connectivity index (χ3v) is 3.77. The summed E-state index contributed by atoms with van der Waals surface area (Å²) < 4.78 is 0. The van der Waals surface area contributed by atoms with Crippen LogP contribution in [0.5, 0.6) is 0 Å². The second-order valence-corrected chi connectivity index (χ2v) is 5.81. The summed E-state index contributed by atoms with van der Waals surface area (Å²) in [6.45, 7) is 3.60. The average molecular weight is 305 g/mol. The van der Waals surface area contributed by atoms with Crippen LogP contribution in [0.2, 0.25) is 0 Å². The van der Waals surface area contributed by atoms with Crippen molar-refractivity contribution in [3.8, 4) is 0 Å². The highest BCUT2D eigenvalue weighted by molar-refractivity contribution is 8.16. The number of hydrogen-bond acceptors (Lipinski definition) is 5. The molecule has 1 amide bonds. The molecular formula is C14H15N3O3S. The number of carboxylic acids is 1. The van der Waals surface area contributed by atoms with Crippen LogP contribution < -0.4 is 4.90 Å². The summed E-state index contributed by atoms with van der Waals surface area (Å²) in [6.07, 6.45) is -0.235. The largest absolute Gasteiger partial charge is 0.481 e. The molecule has 1 saturated heterocycles. The molecule has 1 unspecified atom stereocenters. The Bertz CT molecular complexity index is 609. The zero-order valence-corrected chi connectivity index (χ0v) is 12.5. The molecule has 1 heterocycles. The molecule has 2 rings (SSSR count). The first-order valence-corrected chi connectivity index (χ1v) is 7.23. The minimum absolute atomic E-state index is 0.235. The van der Waals surface area contributed by atoms with Gasteiger partial charge in [-0.3, -0.25) is 14.5 Å². The average Bonchev–Trinajstić information content (AvgIpc) is 2.73. The maximum absolute atomic E-state index is 12.4. The molecular weight excluding hydrogens is 290 g/mol. The molecule has 1 atom stereocenters. The fraction of sp³-hybridized carbons (Fsp3) is 0.286. The SMILES string of the molecule is CC(C)=N/N=C1/SC(CC(=O)O)C(=O)N1c1ccccc1. The summed E-state index contributed by atoms with van der Waals surface area (Å²) in [5.74, 6) is -1.29. The number of carbonyl (C=O) groups is 2. The highest BCUT2D eigenvalue weighted by atomic mass is 32.2. The maximum Gasteiger partial charge on any atom is 0.305 e. The molecule has 0 bridgehead atoms. The Morgan fingerprint density at radius 1 is 1.33 bits per heavy atom. The number of rotatable bonds is 4. The van der Waals surface area contributed by atoms with E-state index in [4.69, 9.17) is 5.11 Å². The number of carboxylic acid groups (broad SMARTS) is 1. The Kier molecular flexibility index (Phi) is 4.74. The summed E-state index contributed by atoms with van der Waals surface area (Å²) in [5, 5.41) is 16.7. The molecule has 6 nitrogen and oxygen atoms in total. The van der Waals surface area contributed by atoms with Crippen LogP contribution in [0.4, 0.5) is 5.69 Å². The number of para-hydroxylation sites is 1. The molecule has 7 heteroatoms. The molecule has 1 fully saturated rings. The Balaban J connectivity index is 2.37. The van der Waals surface area contributed by atoms with E-state index in [-0.39, 0.29) is 12.3 Å². The number of amides is 1. The summed E-state index contributed by atoms with van der Waals surface area (Å²) >= 11 is 1.13. The second-order valence-electron chi connectivity index (χ2n) is 4.64. The Morgan fingerprint density at radius 3 is 2.57 bits per heavy atom. The van der Waals surface area contributed by atoms with E-state index in [0.717, 1.165) is 17.5 Å². The van der Waals surface area contributed by atoms with Gasteiger partial charge in [0.2, 0.25) is 5.91 Å². The van der Waals surface area contributed by atoms with Crippen molar-refractivity contribution in [2.24, 2.45) is 10.2 Å². The van der Waals surface area contributed by atoms with Crippen LogP contribution >= 0.6 is 11.8 Å². The van der Waals surface area contributed by atoms with Crippen LogP contribution in [0, 0.1) is 0 Å². The molecule has 110 valence electrons. The number of nitrogens with zero attached hydrogens (tertiary/aromatic N) is 3. The van der Waals surface area contributed by atoms with Crippen molar-refractivity contribution in [3.63, 3.8) is 0 Å². The molecule has 1 aliphatic heterocycles. The van der Waals surface area contributed by atoms with Gasteiger partial charge < -0.3 is 5.11 Å². The molecule has 0 spiro atoms. The van der Waals surface area contributed by atoms with Crippen molar-refractivity contribution < 1.29 is 14.7 Å². The summed E-state index contributed by atoms with van der Waals surface area (Å²) in [5.41, 5.74) is 1.41. The molecule has 1 aliphatic rings. The van der Waals surface area contributed by atoms with Crippen LogP contribution in [-0.4, -0.2) is 33.1 Å². The van der Waals surface area contributed by atoms with Gasteiger partial charge in [-0.25, -0.2) is 0 Å². The summed E-state index contributed by atoms with van der Waals surface area (Å²) in [6, 6.07) is 9.02. The van der Waals surface area contributed by atoms with Gasteiger partial charge in [0.25, 0.3) is 0 Å². The van der Waals surface area contributed by atoms with E-state index in [1.165, 1.54) is 4.90 Å². The van der Waals surface area contributed by atoms with Crippen molar-refractivity contribution >= 4 is 40.2 Å². The summed E-state index contributed by atoms with van der Waals surface area (Å²) in [7, 11) is 0. The zero-order chi connectivity index (χ0) is 15.4. The van der Waals surface area contributed by atoms with Crippen LogP contribution in [0.15, 0.2) is 40.5 Å². The number of aliphatic carboxylic acids is 1. The van der Waals surface area contributed by atoms with E-state index in [0.29, 0.717) is 10.9 Å². The molecule has 1 aromatic carbocycles. The topological polar surface area (TPSA) is 82.3 Å². The quantitative estimate of drug-likeness (QED) is 0.684. The fourth-order valence-corrected chi connectivity index (χ4v) is 2.86. The number of anilines is 1. The number of carbonyl (C=O) groups excluding carboxylic acids is 1. The second kappa shape index (κ2) is 6.53. The number of benzene rings is 1. The first-order valence-electron chi connectivity index (χ1n) is 6.35. The number of thioether (sulfide) groups is 1. The number of hydrogen-bond donors (Lipinski definition) is 1. The monoisotopic (exact) mass is 305 g/mol. The van der Waals surface area contributed by atoms with E-state index >= 15 is 0 Å². The van der Waals surface area contributed by atoms with Crippen LogP contribution in [-0.2, 0) is 9.59 Å². The molecule has 0 aliphatic carbocycles. The third-order valence-electron chi connectivity index (χ3n) is 2.64. The zero-order valence-electron chi connectivity index (χ0n) is 11.7. The van der Waals surface area contributed by atoms with Gasteiger partial charge >= 0.3 is 5.97 Å². The third kappa shape index (κ3) is 3.69. The van der Waals surface area contributed by atoms with Gasteiger partial charge in [0.1, 0.15) is 5.25 Å². The van der Waals surface area contributed by atoms with Gasteiger partial charge in [0.15, 0.2) is 5.17 Å². The maximum atomic E-state index is 12.4. The van der Waals surface area contributed by atoms with Crippen LogP contribution in [0.1, 0.15) is 20.3 Å². The van der Waals surface area contributed by atoms with Gasteiger partial charge in [0, 0.05) is 5.71 Å². The predicted molar refractivity (Wildman–Crippen MR) is 83.8 cm³/mol. The fourth-order valence-electron chi connectivity index (χ4n) is 1.78. The van der Waals surface area contributed by atoms with Crippen molar-refractivity contribution in [2.75, 3.05) is 4.90 Å². The highest BCUT2D eigenvalue weighted by Gasteiger charge is 2.40. The Labute approximate surface area is 126 Å². The lowest BCUT2D eigenvalue weighted by Crippen LogP contribution is -2.32. The lowest BCUT2D eigenvalue weighted by Gasteiger charge is -2.15. The van der Waals surface area contributed by atoms with Gasteiger partial charge in [0.05, 0.1) is 12.1 Å². The lowest BCUT2D eigenvalue weighted by atomic mass is 10.2. The highest BCUT2D eigenvalue weighted by Crippen LogP contribution is 2.33. The standard InChI is InChI=1S/C14H15N3O3S/c1-9(2)15-16-14-17(10-6-4-3-5-7-10)13(20)11(21-14)8-12(18)19/h3-7,11H,8H2,1-2H3,(H,18,19)/b16-14+. The first-order chi connectivity index (χ1) is 9.99.